The first-order chi connectivity index (χ1) is 11.8. The van der Waals surface area contributed by atoms with Crippen LogP contribution in [0.25, 0.3) is 11.3 Å². The molecule has 1 aliphatic carbocycles. The fourth-order valence-corrected chi connectivity index (χ4v) is 3.66. The summed E-state index contributed by atoms with van der Waals surface area (Å²) in [7, 11) is 0. The number of unbranched alkanes of at least 4 members (excludes halogenated alkanes) is 1. The zero-order chi connectivity index (χ0) is 16.8. The third-order valence-corrected chi connectivity index (χ3v) is 5.29. The SMILES string of the molecule is CCC/C=C/C1CCC(c2ccc(-c3ccc(Cl)cc3)nc2)CC1. The summed E-state index contributed by atoms with van der Waals surface area (Å²) >= 11 is 5.95. The van der Waals surface area contributed by atoms with Crippen molar-refractivity contribution in [2.45, 2.75) is 51.4 Å². The summed E-state index contributed by atoms with van der Waals surface area (Å²) in [6.45, 7) is 2.24. The predicted molar refractivity (Wildman–Crippen MR) is 103 cm³/mol. The summed E-state index contributed by atoms with van der Waals surface area (Å²) < 4.78 is 0. The molecule has 1 aromatic heterocycles. The molecule has 0 amide bonds. The highest BCUT2D eigenvalue weighted by Crippen LogP contribution is 2.36. The monoisotopic (exact) mass is 339 g/mol. The minimum Gasteiger partial charge on any atom is -0.256 e. The molecule has 0 radical (unpaired) electrons. The second-order valence-electron chi connectivity index (χ2n) is 6.81. The van der Waals surface area contributed by atoms with Crippen molar-refractivity contribution < 1.29 is 0 Å². The molecule has 2 aromatic rings. The van der Waals surface area contributed by atoms with Crippen molar-refractivity contribution in [2.75, 3.05) is 0 Å². The van der Waals surface area contributed by atoms with Gasteiger partial charge in [0.1, 0.15) is 0 Å². The highest BCUT2D eigenvalue weighted by atomic mass is 35.5. The lowest BCUT2D eigenvalue weighted by molar-refractivity contribution is 0.375. The molecule has 3 rings (SSSR count). The van der Waals surface area contributed by atoms with Crippen molar-refractivity contribution in [1.82, 2.24) is 4.98 Å². The fourth-order valence-electron chi connectivity index (χ4n) is 3.54. The van der Waals surface area contributed by atoms with Gasteiger partial charge in [-0.1, -0.05) is 55.3 Å². The van der Waals surface area contributed by atoms with Gasteiger partial charge in [0, 0.05) is 16.8 Å². The Morgan fingerprint density at radius 1 is 1.04 bits per heavy atom. The first-order valence-corrected chi connectivity index (χ1v) is 9.52. The summed E-state index contributed by atoms with van der Waals surface area (Å²) in [6, 6.07) is 12.3. The summed E-state index contributed by atoms with van der Waals surface area (Å²) in [5, 5.41) is 0.764. The summed E-state index contributed by atoms with van der Waals surface area (Å²) in [6.07, 6.45) is 14.5. The van der Waals surface area contributed by atoms with Crippen LogP contribution in [0, 0.1) is 5.92 Å². The van der Waals surface area contributed by atoms with Gasteiger partial charge in [0.15, 0.2) is 0 Å². The van der Waals surface area contributed by atoms with E-state index in [9.17, 15) is 0 Å². The van der Waals surface area contributed by atoms with Gasteiger partial charge in [-0.2, -0.15) is 0 Å². The molecule has 1 heterocycles. The van der Waals surface area contributed by atoms with Crippen LogP contribution in [-0.4, -0.2) is 4.98 Å². The van der Waals surface area contributed by atoms with Gasteiger partial charge in [-0.05, 0) is 67.7 Å². The molecule has 0 atom stereocenters. The van der Waals surface area contributed by atoms with Crippen LogP contribution in [0.3, 0.4) is 0 Å². The second kappa shape index (κ2) is 8.48. The molecule has 1 aliphatic rings. The molecule has 0 N–H and O–H groups in total. The minimum atomic E-state index is 0.674. The van der Waals surface area contributed by atoms with Crippen molar-refractivity contribution in [3.63, 3.8) is 0 Å². The molecule has 0 spiro atoms. The van der Waals surface area contributed by atoms with E-state index in [1.165, 1.54) is 44.1 Å². The van der Waals surface area contributed by atoms with Gasteiger partial charge < -0.3 is 0 Å². The molecule has 0 unspecified atom stereocenters. The lowest BCUT2D eigenvalue weighted by Crippen LogP contribution is -2.12. The third-order valence-electron chi connectivity index (χ3n) is 5.03. The van der Waals surface area contributed by atoms with E-state index < -0.39 is 0 Å². The third kappa shape index (κ3) is 4.48. The van der Waals surface area contributed by atoms with Gasteiger partial charge in [-0.15, -0.1) is 0 Å². The Morgan fingerprint density at radius 3 is 2.42 bits per heavy atom. The zero-order valence-electron chi connectivity index (χ0n) is 14.4. The molecule has 1 aromatic carbocycles. The van der Waals surface area contributed by atoms with Crippen molar-refractivity contribution in [2.24, 2.45) is 5.92 Å². The quantitative estimate of drug-likeness (QED) is 0.533. The average molecular weight is 340 g/mol. The van der Waals surface area contributed by atoms with Crippen LogP contribution in [0.4, 0.5) is 0 Å². The van der Waals surface area contributed by atoms with Crippen LogP contribution in [-0.2, 0) is 0 Å². The molecule has 126 valence electrons. The number of rotatable bonds is 5. The largest absolute Gasteiger partial charge is 0.256 e. The van der Waals surface area contributed by atoms with Gasteiger partial charge in [-0.25, -0.2) is 0 Å². The molecule has 0 bridgehead atoms. The minimum absolute atomic E-state index is 0.674. The molecule has 0 saturated heterocycles. The Balaban J connectivity index is 1.59. The van der Waals surface area contributed by atoms with E-state index >= 15 is 0 Å². The molecular formula is C22H26ClN. The summed E-state index contributed by atoms with van der Waals surface area (Å²) in [5.74, 6) is 1.46. The van der Waals surface area contributed by atoms with Crippen LogP contribution in [0.5, 0.6) is 0 Å². The van der Waals surface area contributed by atoms with Gasteiger partial charge >= 0.3 is 0 Å². The maximum atomic E-state index is 5.95. The Bertz CT molecular complexity index is 649. The zero-order valence-corrected chi connectivity index (χ0v) is 15.2. The molecule has 0 aliphatic heterocycles. The van der Waals surface area contributed by atoms with Crippen LogP contribution in [0.1, 0.15) is 56.9 Å². The van der Waals surface area contributed by atoms with Crippen LogP contribution < -0.4 is 0 Å². The molecule has 1 nitrogen and oxygen atoms in total. The van der Waals surface area contributed by atoms with E-state index in [1.54, 1.807) is 0 Å². The molecular weight excluding hydrogens is 314 g/mol. The lowest BCUT2D eigenvalue weighted by atomic mass is 9.79. The van der Waals surface area contributed by atoms with Gasteiger partial charge in [0.2, 0.25) is 0 Å². The number of halogens is 1. The Labute approximate surface area is 150 Å². The number of benzene rings is 1. The molecule has 1 fully saturated rings. The van der Waals surface area contributed by atoms with Gasteiger partial charge in [-0.3, -0.25) is 4.98 Å². The molecule has 24 heavy (non-hydrogen) atoms. The lowest BCUT2D eigenvalue weighted by Gasteiger charge is -2.27. The van der Waals surface area contributed by atoms with Crippen molar-refractivity contribution in [1.29, 1.82) is 0 Å². The van der Waals surface area contributed by atoms with Crippen molar-refractivity contribution in [3.05, 3.63) is 65.3 Å². The smallest absolute Gasteiger partial charge is 0.0702 e. The maximum Gasteiger partial charge on any atom is 0.0702 e. The number of aromatic nitrogens is 1. The van der Waals surface area contributed by atoms with Crippen LogP contribution >= 0.6 is 11.6 Å². The number of hydrogen-bond acceptors (Lipinski definition) is 1. The first-order valence-electron chi connectivity index (χ1n) is 9.15. The topological polar surface area (TPSA) is 12.9 Å². The highest BCUT2D eigenvalue weighted by molar-refractivity contribution is 6.30. The first kappa shape index (κ1) is 17.2. The van der Waals surface area contributed by atoms with Crippen LogP contribution in [0.2, 0.25) is 5.02 Å². The van der Waals surface area contributed by atoms with Crippen molar-refractivity contribution in [3.8, 4) is 11.3 Å². The van der Waals surface area contributed by atoms with E-state index in [0.29, 0.717) is 5.92 Å². The van der Waals surface area contributed by atoms with E-state index in [1.807, 2.05) is 24.3 Å². The Kier molecular flexibility index (Phi) is 6.09. The Hall–Kier alpha value is -1.60. The second-order valence-corrected chi connectivity index (χ2v) is 7.25. The van der Waals surface area contributed by atoms with E-state index in [-0.39, 0.29) is 0 Å². The predicted octanol–water partition coefficient (Wildman–Crippen LogP) is 7.03. The Morgan fingerprint density at radius 2 is 1.79 bits per heavy atom. The number of hydrogen-bond donors (Lipinski definition) is 0. The van der Waals surface area contributed by atoms with Gasteiger partial charge in [0.05, 0.1) is 5.69 Å². The summed E-state index contributed by atoms with van der Waals surface area (Å²) in [5.41, 5.74) is 3.53. The fraction of sp³-hybridized carbons (Fsp3) is 0.409. The summed E-state index contributed by atoms with van der Waals surface area (Å²) in [4.78, 5) is 4.68. The van der Waals surface area contributed by atoms with E-state index in [0.717, 1.165) is 22.2 Å². The molecule has 2 heteroatoms. The van der Waals surface area contributed by atoms with Gasteiger partial charge in [0.25, 0.3) is 0 Å². The number of pyridine rings is 1. The van der Waals surface area contributed by atoms with E-state index in [2.05, 4.69) is 42.4 Å². The van der Waals surface area contributed by atoms with Crippen LogP contribution in [0.15, 0.2) is 54.7 Å². The average Bonchev–Trinajstić information content (AvgIpc) is 2.63. The standard InChI is InChI=1S/C22H26ClN/c1-2-3-4-5-17-6-8-18(9-7-17)20-12-15-22(24-16-20)19-10-13-21(23)14-11-19/h4-5,10-18H,2-3,6-9H2,1H3/b5-4+. The van der Waals surface area contributed by atoms with Crippen molar-refractivity contribution >= 4 is 11.6 Å². The number of nitrogens with zero attached hydrogens (tertiary/aromatic N) is 1. The highest BCUT2D eigenvalue weighted by Gasteiger charge is 2.21. The molecule has 1 saturated carbocycles. The maximum absolute atomic E-state index is 5.95. The van der Waals surface area contributed by atoms with E-state index in [4.69, 9.17) is 11.6 Å². The number of allylic oxidation sites excluding steroid dienone is 2. The normalized spacial score (nSPS) is 21.2.